The molecule has 0 bridgehead atoms. The van der Waals surface area contributed by atoms with E-state index in [0.717, 1.165) is 18.5 Å². The van der Waals surface area contributed by atoms with Gasteiger partial charge in [0.2, 0.25) is 11.8 Å². The lowest BCUT2D eigenvalue weighted by molar-refractivity contribution is -0.122. The van der Waals surface area contributed by atoms with Gasteiger partial charge in [0.15, 0.2) is 0 Å². The Bertz CT molecular complexity index is 672. The van der Waals surface area contributed by atoms with Crippen molar-refractivity contribution < 1.29 is 14.6 Å². The molecule has 2 heterocycles. The highest BCUT2D eigenvalue weighted by Crippen LogP contribution is 2.27. The summed E-state index contributed by atoms with van der Waals surface area (Å²) in [6.07, 6.45) is 7.34. The van der Waals surface area contributed by atoms with Crippen LogP contribution >= 0.6 is 0 Å². The van der Waals surface area contributed by atoms with Gasteiger partial charge in [0.1, 0.15) is 0 Å². The number of aliphatic hydroxyl groups excluding tert-OH is 1. The summed E-state index contributed by atoms with van der Waals surface area (Å²) in [5.41, 5.74) is 0.986. The average molecular weight is 344 g/mol. The second-order valence-electron chi connectivity index (χ2n) is 6.52. The van der Waals surface area contributed by atoms with E-state index in [4.69, 9.17) is 4.74 Å². The third-order valence-corrected chi connectivity index (χ3v) is 4.62. The largest absolute Gasteiger partial charge is 0.481 e. The third kappa shape index (κ3) is 4.79. The first-order chi connectivity index (χ1) is 12.1. The van der Waals surface area contributed by atoms with Gasteiger partial charge in [-0.1, -0.05) is 6.07 Å². The Morgan fingerprint density at radius 1 is 1.44 bits per heavy atom. The summed E-state index contributed by atoms with van der Waals surface area (Å²) in [5, 5.41) is 17.4. The van der Waals surface area contributed by atoms with Crippen molar-refractivity contribution in [1.82, 2.24) is 20.1 Å². The van der Waals surface area contributed by atoms with Crippen LogP contribution in [0.4, 0.5) is 0 Å². The molecule has 1 amide bonds. The van der Waals surface area contributed by atoms with E-state index in [-0.39, 0.29) is 11.9 Å². The van der Waals surface area contributed by atoms with E-state index in [1.165, 1.54) is 0 Å². The fourth-order valence-corrected chi connectivity index (χ4v) is 3.31. The van der Waals surface area contributed by atoms with Crippen LogP contribution in [0.5, 0.6) is 5.88 Å². The van der Waals surface area contributed by atoms with Gasteiger partial charge in [0.25, 0.3) is 0 Å². The second-order valence-corrected chi connectivity index (χ2v) is 6.52. The molecule has 1 aliphatic rings. The molecule has 0 aromatic carbocycles. The number of aliphatic hydroxyl groups is 1. The SMILES string of the molecule is COc1ccc(CCC(=O)N[C@@H]2CC(Cn3cccn3)C[C@H]2O)cn1. The van der Waals surface area contributed by atoms with Crippen LogP contribution in [0.2, 0.25) is 0 Å². The molecule has 7 heteroatoms. The number of methoxy groups -OCH3 is 1. The third-order valence-electron chi connectivity index (χ3n) is 4.62. The topological polar surface area (TPSA) is 89.3 Å². The number of amides is 1. The Morgan fingerprint density at radius 3 is 3.00 bits per heavy atom. The molecule has 1 aliphatic carbocycles. The maximum Gasteiger partial charge on any atom is 0.220 e. The molecule has 25 heavy (non-hydrogen) atoms. The normalized spacial score (nSPS) is 22.7. The van der Waals surface area contributed by atoms with E-state index < -0.39 is 6.10 Å². The van der Waals surface area contributed by atoms with Crippen LogP contribution < -0.4 is 10.1 Å². The number of aromatic nitrogens is 3. The number of nitrogens with zero attached hydrogens (tertiary/aromatic N) is 3. The minimum absolute atomic E-state index is 0.0420. The van der Waals surface area contributed by atoms with Crippen LogP contribution in [0, 0.1) is 5.92 Å². The number of carbonyl (C=O) groups excluding carboxylic acids is 1. The fourth-order valence-electron chi connectivity index (χ4n) is 3.31. The zero-order valence-electron chi connectivity index (χ0n) is 14.3. The summed E-state index contributed by atoms with van der Waals surface area (Å²) in [4.78, 5) is 16.3. The highest BCUT2D eigenvalue weighted by Gasteiger charge is 2.34. The lowest BCUT2D eigenvalue weighted by Gasteiger charge is -2.16. The van der Waals surface area contributed by atoms with Crippen LogP contribution in [-0.4, -0.2) is 45.0 Å². The molecule has 2 aromatic heterocycles. The van der Waals surface area contributed by atoms with Gasteiger partial charge >= 0.3 is 0 Å². The highest BCUT2D eigenvalue weighted by molar-refractivity contribution is 5.76. The Balaban J connectivity index is 1.44. The minimum Gasteiger partial charge on any atom is -0.481 e. The molecule has 1 fully saturated rings. The van der Waals surface area contributed by atoms with Gasteiger partial charge in [-0.15, -0.1) is 0 Å². The van der Waals surface area contributed by atoms with Crippen LogP contribution in [0.15, 0.2) is 36.8 Å². The van der Waals surface area contributed by atoms with Gasteiger partial charge < -0.3 is 15.2 Å². The predicted octanol–water partition coefficient (Wildman–Crippen LogP) is 1.18. The van der Waals surface area contributed by atoms with E-state index in [9.17, 15) is 9.90 Å². The lowest BCUT2D eigenvalue weighted by atomic mass is 10.1. The van der Waals surface area contributed by atoms with Gasteiger partial charge in [-0.25, -0.2) is 4.98 Å². The average Bonchev–Trinajstić information content (AvgIpc) is 3.24. The van der Waals surface area contributed by atoms with E-state index in [1.54, 1.807) is 25.6 Å². The van der Waals surface area contributed by atoms with Gasteiger partial charge in [0.05, 0.1) is 19.3 Å². The zero-order chi connectivity index (χ0) is 17.6. The number of hydrogen-bond donors (Lipinski definition) is 2. The summed E-state index contributed by atoms with van der Waals surface area (Å²) in [7, 11) is 1.57. The second kappa shape index (κ2) is 8.11. The molecule has 7 nitrogen and oxygen atoms in total. The number of pyridine rings is 1. The zero-order valence-corrected chi connectivity index (χ0v) is 14.3. The smallest absolute Gasteiger partial charge is 0.220 e. The molecule has 134 valence electrons. The van der Waals surface area contributed by atoms with Crippen molar-refractivity contribution in [2.24, 2.45) is 5.92 Å². The summed E-state index contributed by atoms with van der Waals surface area (Å²) in [5.74, 6) is 0.844. The standard InChI is InChI=1S/C18H24N4O3/c1-25-18-6-4-13(11-19-18)3-5-17(24)21-15-9-14(10-16(15)23)12-22-8-2-7-20-22/h2,4,6-8,11,14-16,23H,3,5,9-10,12H2,1H3,(H,21,24)/t14?,15-,16-/m1/s1. The first kappa shape index (κ1) is 17.4. The van der Waals surface area contributed by atoms with Crippen LogP contribution in [0.3, 0.4) is 0 Å². The first-order valence-corrected chi connectivity index (χ1v) is 8.58. The Kier molecular flexibility index (Phi) is 5.65. The van der Waals surface area contributed by atoms with Crippen molar-refractivity contribution in [3.63, 3.8) is 0 Å². The summed E-state index contributed by atoms with van der Waals surface area (Å²) >= 11 is 0. The molecule has 3 rings (SSSR count). The Hall–Kier alpha value is -2.41. The van der Waals surface area contributed by atoms with Crippen molar-refractivity contribution in [1.29, 1.82) is 0 Å². The molecule has 2 N–H and O–H groups in total. The molecular formula is C18H24N4O3. The summed E-state index contributed by atoms with van der Waals surface area (Å²) in [6.45, 7) is 0.772. The first-order valence-electron chi connectivity index (χ1n) is 8.58. The van der Waals surface area contributed by atoms with Crippen molar-refractivity contribution in [2.75, 3.05) is 7.11 Å². The molecule has 1 saturated carbocycles. The van der Waals surface area contributed by atoms with E-state index >= 15 is 0 Å². The van der Waals surface area contributed by atoms with E-state index in [0.29, 0.717) is 31.1 Å². The van der Waals surface area contributed by atoms with Gasteiger partial charge in [-0.05, 0) is 36.8 Å². The van der Waals surface area contributed by atoms with Gasteiger partial charge in [-0.3, -0.25) is 9.48 Å². The molecular weight excluding hydrogens is 320 g/mol. The van der Waals surface area contributed by atoms with Crippen LogP contribution in [0.1, 0.15) is 24.8 Å². The molecule has 0 saturated heterocycles. The van der Waals surface area contributed by atoms with Crippen molar-refractivity contribution in [3.8, 4) is 5.88 Å². The molecule has 3 atom stereocenters. The van der Waals surface area contributed by atoms with Gasteiger partial charge in [-0.2, -0.15) is 5.10 Å². The molecule has 2 aromatic rings. The van der Waals surface area contributed by atoms with Crippen LogP contribution in [-0.2, 0) is 17.8 Å². The minimum atomic E-state index is -0.493. The molecule has 1 unspecified atom stereocenters. The monoisotopic (exact) mass is 344 g/mol. The van der Waals surface area contributed by atoms with Gasteiger partial charge in [0, 0.05) is 37.6 Å². The van der Waals surface area contributed by atoms with Crippen molar-refractivity contribution >= 4 is 5.91 Å². The van der Waals surface area contributed by atoms with E-state index in [1.807, 2.05) is 23.0 Å². The summed E-state index contributed by atoms with van der Waals surface area (Å²) < 4.78 is 6.89. The van der Waals surface area contributed by atoms with Crippen molar-refractivity contribution in [2.45, 2.75) is 44.4 Å². The quantitative estimate of drug-likeness (QED) is 0.787. The van der Waals surface area contributed by atoms with Crippen molar-refractivity contribution in [3.05, 3.63) is 42.4 Å². The summed E-state index contributed by atoms with van der Waals surface area (Å²) in [6, 6.07) is 5.40. The number of nitrogens with one attached hydrogen (secondary N) is 1. The predicted molar refractivity (Wildman–Crippen MR) is 92.0 cm³/mol. The molecule has 0 aliphatic heterocycles. The fraction of sp³-hybridized carbons (Fsp3) is 0.500. The number of ether oxygens (including phenoxy) is 1. The Labute approximate surface area is 147 Å². The number of hydrogen-bond acceptors (Lipinski definition) is 5. The number of aryl methyl sites for hydroxylation is 1. The van der Waals surface area contributed by atoms with Crippen LogP contribution in [0.25, 0.3) is 0 Å². The molecule has 0 radical (unpaired) electrons. The number of rotatable bonds is 7. The number of carbonyl (C=O) groups is 1. The maximum absolute atomic E-state index is 12.2. The molecule has 0 spiro atoms. The Morgan fingerprint density at radius 2 is 2.32 bits per heavy atom. The lowest BCUT2D eigenvalue weighted by Crippen LogP contribution is -2.40. The van der Waals surface area contributed by atoms with E-state index in [2.05, 4.69) is 15.4 Å². The highest BCUT2D eigenvalue weighted by atomic mass is 16.5. The maximum atomic E-state index is 12.2.